The van der Waals surface area contributed by atoms with Crippen LogP contribution in [0, 0.1) is 0 Å². The highest BCUT2D eigenvalue weighted by atomic mass is 79.9. The molecule has 32 heavy (non-hydrogen) atoms. The molecule has 7 nitrogen and oxygen atoms in total. The normalized spacial score (nSPS) is 11.4. The Morgan fingerprint density at radius 3 is 2.53 bits per heavy atom. The summed E-state index contributed by atoms with van der Waals surface area (Å²) >= 11 is 3.41. The van der Waals surface area contributed by atoms with E-state index in [0.29, 0.717) is 34.2 Å². The number of aromatic nitrogens is 2. The third-order valence-corrected chi connectivity index (χ3v) is 5.36. The third-order valence-electron chi connectivity index (χ3n) is 4.87. The number of rotatable bonds is 5. The van der Waals surface area contributed by atoms with Crippen LogP contribution in [0.1, 0.15) is 36.7 Å². The van der Waals surface area contributed by atoms with Crippen molar-refractivity contribution in [2.24, 2.45) is 0 Å². The summed E-state index contributed by atoms with van der Waals surface area (Å²) in [6, 6.07) is 14.5. The van der Waals surface area contributed by atoms with Crippen molar-refractivity contribution in [1.82, 2.24) is 10.2 Å². The highest BCUT2D eigenvalue weighted by Gasteiger charge is 2.20. The smallest absolute Gasteiger partial charge is 0.283 e. The molecule has 0 aliphatic heterocycles. The van der Waals surface area contributed by atoms with Gasteiger partial charge in [-0.1, -0.05) is 36.7 Å². The Morgan fingerprint density at radius 1 is 1.06 bits per heavy atom. The summed E-state index contributed by atoms with van der Waals surface area (Å²) in [4.78, 5) is 13.0. The van der Waals surface area contributed by atoms with Gasteiger partial charge in [-0.15, -0.1) is 10.2 Å². The van der Waals surface area contributed by atoms with Crippen molar-refractivity contribution in [2.75, 3.05) is 12.4 Å². The standard InChI is InChI=1S/C24H22BrN3O4/c1-24(2,3)15-10-14(22-27-28-23(32-22)20-6-5-9-31-20)11-17(12-15)26-21(29)18-13-16(25)7-8-19(18)30-4/h5-13H,1-4H3,(H,26,29). The molecular weight excluding hydrogens is 474 g/mol. The van der Waals surface area contributed by atoms with Crippen molar-refractivity contribution in [3.63, 3.8) is 0 Å². The number of anilines is 1. The van der Waals surface area contributed by atoms with E-state index in [9.17, 15) is 4.79 Å². The van der Waals surface area contributed by atoms with Gasteiger partial charge in [-0.3, -0.25) is 4.79 Å². The second-order valence-electron chi connectivity index (χ2n) is 8.24. The van der Waals surface area contributed by atoms with E-state index in [4.69, 9.17) is 13.6 Å². The fourth-order valence-corrected chi connectivity index (χ4v) is 3.51. The number of carbonyl (C=O) groups is 1. The molecule has 0 atom stereocenters. The first kappa shape index (κ1) is 21.8. The van der Waals surface area contributed by atoms with E-state index in [1.165, 1.54) is 7.11 Å². The van der Waals surface area contributed by atoms with E-state index >= 15 is 0 Å². The maximum Gasteiger partial charge on any atom is 0.283 e. The van der Waals surface area contributed by atoms with Gasteiger partial charge in [0.1, 0.15) is 5.75 Å². The Bertz CT molecular complexity index is 1260. The fourth-order valence-electron chi connectivity index (χ4n) is 3.15. The zero-order chi connectivity index (χ0) is 22.9. The lowest BCUT2D eigenvalue weighted by Gasteiger charge is -2.21. The highest BCUT2D eigenvalue weighted by Crippen LogP contribution is 2.33. The predicted octanol–water partition coefficient (Wildman–Crippen LogP) is 6.32. The lowest BCUT2D eigenvalue weighted by Crippen LogP contribution is -2.16. The average Bonchev–Trinajstić information content (AvgIpc) is 3.44. The maximum absolute atomic E-state index is 13.0. The molecule has 0 fully saturated rings. The number of methoxy groups -OCH3 is 1. The highest BCUT2D eigenvalue weighted by molar-refractivity contribution is 9.10. The zero-order valence-electron chi connectivity index (χ0n) is 18.1. The first-order valence-corrected chi connectivity index (χ1v) is 10.7. The van der Waals surface area contributed by atoms with Crippen LogP contribution in [0.25, 0.3) is 23.1 Å². The number of carbonyl (C=O) groups excluding carboxylic acids is 1. The van der Waals surface area contributed by atoms with Crippen molar-refractivity contribution in [2.45, 2.75) is 26.2 Å². The molecule has 0 bridgehead atoms. The van der Waals surface area contributed by atoms with Crippen molar-refractivity contribution < 1.29 is 18.4 Å². The number of halogens is 1. The molecule has 2 heterocycles. The van der Waals surface area contributed by atoms with Gasteiger partial charge in [-0.05, 0) is 59.5 Å². The molecule has 1 amide bonds. The van der Waals surface area contributed by atoms with Crippen molar-refractivity contribution in [3.05, 3.63) is 70.4 Å². The molecule has 4 rings (SSSR count). The summed E-state index contributed by atoms with van der Waals surface area (Å²) in [6.45, 7) is 6.28. The molecule has 4 aromatic rings. The number of hydrogen-bond donors (Lipinski definition) is 1. The van der Waals surface area contributed by atoms with Gasteiger partial charge < -0.3 is 18.9 Å². The van der Waals surface area contributed by atoms with E-state index < -0.39 is 0 Å². The second-order valence-corrected chi connectivity index (χ2v) is 9.15. The molecule has 1 N–H and O–H groups in total. The first-order chi connectivity index (χ1) is 15.2. The molecule has 8 heteroatoms. The molecule has 164 valence electrons. The zero-order valence-corrected chi connectivity index (χ0v) is 19.7. The van der Waals surface area contributed by atoms with Gasteiger partial charge in [-0.25, -0.2) is 0 Å². The lowest BCUT2D eigenvalue weighted by molar-refractivity contribution is 0.102. The van der Waals surface area contributed by atoms with Gasteiger partial charge in [0, 0.05) is 15.7 Å². The van der Waals surface area contributed by atoms with E-state index in [1.54, 1.807) is 36.6 Å². The van der Waals surface area contributed by atoms with Gasteiger partial charge >= 0.3 is 0 Å². The summed E-state index contributed by atoms with van der Waals surface area (Å²) < 4.78 is 17.3. The SMILES string of the molecule is COc1ccc(Br)cc1C(=O)Nc1cc(-c2nnc(-c3ccco3)o2)cc(C(C)(C)C)c1. The van der Waals surface area contributed by atoms with Crippen LogP contribution >= 0.6 is 15.9 Å². The van der Waals surface area contributed by atoms with Crippen LogP contribution in [0.4, 0.5) is 5.69 Å². The van der Waals surface area contributed by atoms with Crippen LogP contribution in [-0.2, 0) is 5.41 Å². The van der Waals surface area contributed by atoms with Gasteiger partial charge in [0.2, 0.25) is 5.89 Å². The molecule has 2 aromatic carbocycles. The number of nitrogens with one attached hydrogen (secondary N) is 1. The lowest BCUT2D eigenvalue weighted by atomic mass is 9.85. The minimum absolute atomic E-state index is 0.174. The third kappa shape index (κ3) is 4.60. The molecule has 0 saturated carbocycles. The van der Waals surface area contributed by atoms with Crippen molar-refractivity contribution in [3.8, 4) is 28.9 Å². The fraction of sp³-hybridized carbons (Fsp3) is 0.208. The predicted molar refractivity (Wildman–Crippen MR) is 125 cm³/mol. The molecule has 0 aliphatic rings. The monoisotopic (exact) mass is 495 g/mol. The van der Waals surface area contributed by atoms with E-state index in [1.807, 2.05) is 18.2 Å². The minimum atomic E-state index is -0.290. The minimum Gasteiger partial charge on any atom is -0.496 e. The Kier molecular flexibility index (Phi) is 5.88. The second kappa shape index (κ2) is 8.63. The number of furan rings is 1. The van der Waals surface area contributed by atoms with Gasteiger partial charge in [0.15, 0.2) is 5.76 Å². The quantitative estimate of drug-likeness (QED) is 0.348. The van der Waals surface area contributed by atoms with E-state index in [2.05, 4.69) is 52.2 Å². The maximum atomic E-state index is 13.0. The summed E-state index contributed by atoms with van der Waals surface area (Å²) in [6.07, 6.45) is 1.54. The molecule has 0 aliphatic carbocycles. The first-order valence-electron chi connectivity index (χ1n) is 9.93. The van der Waals surface area contributed by atoms with Crippen molar-refractivity contribution in [1.29, 1.82) is 0 Å². The molecule has 0 unspecified atom stereocenters. The number of hydrogen-bond acceptors (Lipinski definition) is 6. The van der Waals surface area contributed by atoms with Crippen LogP contribution in [0.5, 0.6) is 5.75 Å². The summed E-state index contributed by atoms with van der Waals surface area (Å²) in [5, 5.41) is 11.2. The number of nitrogens with zero attached hydrogens (tertiary/aromatic N) is 2. The van der Waals surface area contributed by atoms with Crippen LogP contribution in [0.3, 0.4) is 0 Å². The van der Waals surface area contributed by atoms with Gasteiger partial charge in [-0.2, -0.15) is 0 Å². The number of benzene rings is 2. The number of ether oxygens (including phenoxy) is 1. The summed E-state index contributed by atoms with van der Waals surface area (Å²) in [7, 11) is 1.53. The van der Waals surface area contributed by atoms with Crippen LogP contribution < -0.4 is 10.1 Å². The Hall–Kier alpha value is -3.39. The van der Waals surface area contributed by atoms with E-state index in [0.717, 1.165) is 10.0 Å². The van der Waals surface area contributed by atoms with Crippen LogP contribution in [-0.4, -0.2) is 23.2 Å². The average molecular weight is 496 g/mol. The Labute approximate surface area is 193 Å². The topological polar surface area (TPSA) is 90.4 Å². The Morgan fingerprint density at radius 2 is 1.84 bits per heavy atom. The van der Waals surface area contributed by atoms with Gasteiger partial charge in [0.25, 0.3) is 11.8 Å². The Balaban J connectivity index is 1.72. The number of amides is 1. The molecular formula is C24H22BrN3O4. The molecule has 0 radical (unpaired) electrons. The largest absolute Gasteiger partial charge is 0.496 e. The molecule has 2 aromatic heterocycles. The van der Waals surface area contributed by atoms with E-state index in [-0.39, 0.29) is 17.2 Å². The summed E-state index contributed by atoms with van der Waals surface area (Å²) in [5.41, 5.74) is 2.55. The van der Waals surface area contributed by atoms with Crippen LogP contribution in [0.2, 0.25) is 0 Å². The molecule has 0 saturated heterocycles. The molecule has 0 spiro atoms. The summed E-state index contributed by atoms with van der Waals surface area (Å²) in [5.74, 6) is 1.31. The van der Waals surface area contributed by atoms with Crippen LogP contribution in [0.15, 0.2) is 68.1 Å². The van der Waals surface area contributed by atoms with Crippen molar-refractivity contribution >= 4 is 27.5 Å². The van der Waals surface area contributed by atoms with Gasteiger partial charge in [0.05, 0.1) is 18.9 Å².